The Morgan fingerprint density at radius 1 is 1.64 bits per heavy atom. The van der Waals surface area contributed by atoms with Crippen molar-refractivity contribution in [2.24, 2.45) is 0 Å². The summed E-state index contributed by atoms with van der Waals surface area (Å²) in [5.41, 5.74) is 0. The highest BCUT2D eigenvalue weighted by atomic mass is 16.4. The Balaban J connectivity index is 2.61. The number of carbonyl (C=O) groups excluding carboxylic acids is 1. The number of hydrogen-bond donors (Lipinski definition) is 3. The molecule has 0 bridgehead atoms. The summed E-state index contributed by atoms with van der Waals surface area (Å²) in [5, 5.41) is 19.7. The summed E-state index contributed by atoms with van der Waals surface area (Å²) in [6.45, 7) is 0. The number of rotatable bonds is 1. The lowest BCUT2D eigenvalue weighted by Gasteiger charge is -2.24. The van der Waals surface area contributed by atoms with E-state index in [1.165, 1.54) is 0 Å². The van der Waals surface area contributed by atoms with Crippen LogP contribution in [-0.4, -0.2) is 34.2 Å². The molecule has 0 aliphatic carbocycles. The van der Waals surface area contributed by atoms with E-state index >= 15 is 0 Å². The Labute approximate surface area is 63.0 Å². The molecule has 3 N–H and O–H groups in total. The van der Waals surface area contributed by atoms with E-state index in [4.69, 9.17) is 10.2 Å². The van der Waals surface area contributed by atoms with E-state index in [0.717, 1.165) is 0 Å². The van der Waals surface area contributed by atoms with Crippen LogP contribution in [0, 0.1) is 0 Å². The van der Waals surface area contributed by atoms with E-state index in [2.05, 4.69) is 5.32 Å². The number of carbonyl (C=O) groups is 2. The van der Waals surface area contributed by atoms with E-state index in [0.29, 0.717) is 0 Å². The third-order valence-electron chi connectivity index (χ3n) is 1.63. The highest BCUT2D eigenvalue weighted by Crippen LogP contribution is 2.08. The van der Waals surface area contributed by atoms with Gasteiger partial charge in [0.05, 0.1) is 6.10 Å². The van der Waals surface area contributed by atoms with Gasteiger partial charge in [-0.2, -0.15) is 0 Å². The van der Waals surface area contributed by atoms with Gasteiger partial charge in [0.1, 0.15) is 0 Å². The van der Waals surface area contributed by atoms with Gasteiger partial charge in [0.2, 0.25) is 5.91 Å². The number of amides is 1. The van der Waals surface area contributed by atoms with Crippen LogP contribution in [0.25, 0.3) is 0 Å². The Hall–Kier alpha value is -1.10. The Bertz CT molecular complexity index is 191. The van der Waals surface area contributed by atoms with Crippen molar-refractivity contribution in [3.8, 4) is 0 Å². The number of aliphatic hydroxyl groups excluding tert-OH is 1. The zero-order valence-electron chi connectivity index (χ0n) is 5.78. The van der Waals surface area contributed by atoms with Crippen LogP contribution in [0.1, 0.15) is 12.8 Å². The lowest BCUT2D eigenvalue weighted by molar-refractivity contribution is -0.147. The summed E-state index contributed by atoms with van der Waals surface area (Å²) in [5.74, 6) is -1.51. The van der Waals surface area contributed by atoms with E-state index in [1.807, 2.05) is 0 Å². The molecule has 62 valence electrons. The Morgan fingerprint density at radius 3 is 2.73 bits per heavy atom. The summed E-state index contributed by atoms with van der Waals surface area (Å²) < 4.78 is 0. The molecule has 1 aliphatic rings. The fraction of sp³-hybridized carbons (Fsp3) is 0.667. The molecule has 0 spiro atoms. The second kappa shape index (κ2) is 2.87. The van der Waals surface area contributed by atoms with Crippen LogP contribution in [0.5, 0.6) is 0 Å². The molecule has 0 aromatic carbocycles. The molecule has 1 amide bonds. The van der Waals surface area contributed by atoms with Crippen molar-refractivity contribution in [2.75, 3.05) is 0 Å². The molecule has 1 aliphatic heterocycles. The molecule has 5 heteroatoms. The summed E-state index contributed by atoms with van der Waals surface area (Å²) in [4.78, 5) is 21.0. The van der Waals surface area contributed by atoms with Crippen LogP contribution in [-0.2, 0) is 9.59 Å². The minimum atomic E-state index is -1.19. The molecule has 5 nitrogen and oxygen atoms in total. The highest BCUT2D eigenvalue weighted by molar-refractivity contribution is 5.85. The molecular weight excluding hydrogens is 150 g/mol. The number of nitrogens with one attached hydrogen (secondary N) is 1. The van der Waals surface area contributed by atoms with Crippen LogP contribution in [0.15, 0.2) is 0 Å². The molecule has 0 radical (unpaired) electrons. The van der Waals surface area contributed by atoms with Gasteiger partial charge in [-0.15, -0.1) is 0 Å². The van der Waals surface area contributed by atoms with Gasteiger partial charge in [-0.25, -0.2) is 4.79 Å². The number of piperidine rings is 1. The SMILES string of the molecule is O=C1CC[C@@H](O)[C@@H](C(=O)O)N1. The Kier molecular flexibility index (Phi) is 2.09. The van der Waals surface area contributed by atoms with Crippen LogP contribution in [0.2, 0.25) is 0 Å². The first kappa shape index (κ1) is 8.00. The van der Waals surface area contributed by atoms with E-state index < -0.39 is 18.1 Å². The van der Waals surface area contributed by atoms with Gasteiger partial charge in [-0.05, 0) is 6.42 Å². The number of carboxylic acid groups (broad SMARTS) is 1. The standard InChI is InChI=1S/C6H9NO4/c8-3-1-2-4(9)7-5(3)6(10)11/h3,5,8H,1-2H2,(H,7,9)(H,10,11)/t3-,5+/m1/s1. The van der Waals surface area contributed by atoms with Crippen LogP contribution in [0.4, 0.5) is 0 Å². The molecule has 0 aromatic heterocycles. The zero-order chi connectivity index (χ0) is 8.43. The molecule has 0 unspecified atom stereocenters. The average molecular weight is 159 g/mol. The first-order valence-electron chi connectivity index (χ1n) is 3.31. The fourth-order valence-corrected chi connectivity index (χ4v) is 1.01. The molecule has 11 heavy (non-hydrogen) atoms. The van der Waals surface area contributed by atoms with Gasteiger partial charge in [0.25, 0.3) is 0 Å². The zero-order valence-corrected chi connectivity index (χ0v) is 5.78. The molecule has 2 atom stereocenters. The van der Waals surface area contributed by atoms with Crippen molar-refractivity contribution < 1.29 is 19.8 Å². The van der Waals surface area contributed by atoms with E-state index in [-0.39, 0.29) is 18.7 Å². The predicted molar refractivity (Wildman–Crippen MR) is 34.8 cm³/mol. The van der Waals surface area contributed by atoms with Gasteiger partial charge in [-0.1, -0.05) is 0 Å². The molecule has 0 saturated carbocycles. The number of hydrogen-bond acceptors (Lipinski definition) is 3. The van der Waals surface area contributed by atoms with Crippen molar-refractivity contribution in [3.63, 3.8) is 0 Å². The molecular formula is C6H9NO4. The van der Waals surface area contributed by atoms with Gasteiger partial charge < -0.3 is 15.5 Å². The van der Waals surface area contributed by atoms with E-state index in [9.17, 15) is 9.59 Å². The van der Waals surface area contributed by atoms with Gasteiger partial charge >= 0.3 is 5.97 Å². The van der Waals surface area contributed by atoms with Crippen LogP contribution >= 0.6 is 0 Å². The van der Waals surface area contributed by atoms with Crippen molar-refractivity contribution in [3.05, 3.63) is 0 Å². The number of aliphatic hydroxyl groups is 1. The van der Waals surface area contributed by atoms with Crippen molar-refractivity contribution >= 4 is 11.9 Å². The maximum absolute atomic E-state index is 10.6. The predicted octanol–water partition coefficient (Wildman–Crippen LogP) is -1.29. The van der Waals surface area contributed by atoms with Crippen LogP contribution in [0.3, 0.4) is 0 Å². The smallest absolute Gasteiger partial charge is 0.328 e. The summed E-state index contributed by atoms with van der Waals surface area (Å²) in [6.07, 6.45) is -0.529. The monoisotopic (exact) mass is 159 g/mol. The molecule has 1 rings (SSSR count). The third kappa shape index (κ3) is 1.68. The first-order chi connectivity index (χ1) is 5.11. The summed E-state index contributed by atoms with van der Waals surface area (Å²) in [7, 11) is 0. The second-order valence-corrected chi connectivity index (χ2v) is 2.49. The third-order valence-corrected chi connectivity index (χ3v) is 1.63. The quantitative estimate of drug-likeness (QED) is 0.444. The minimum Gasteiger partial charge on any atom is -0.480 e. The maximum Gasteiger partial charge on any atom is 0.328 e. The van der Waals surface area contributed by atoms with E-state index in [1.54, 1.807) is 0 Å². The Morgan fingerprint density at radius 2 is 2.27 bits per heavy atom. The van der Waals surface area contributed by atoms with Crippen molar-refractivity contribution in [1.29, 1.82) is 0 Å². The van der Waals surface area contributed by atoms with Gasteiger partial charge in [-0.3, -0.25) is 4.79 Å². The van der Waals surface area contributed by atoms with Crippen molar-refractivity contribution in [1.82, 2.24) is 5.32 Å². The largest absolute Gasteiger partial charge is 0.480 e. The normalized spacial score (nSPS) is 31.2. The topological polar surface area (TPSA) is 86.6 Å². The lowest BCUT2D eigenvalue weighted by atomic mass is 10.0. The first-order valence-corrected chi connectivity index (χ1v) is 3.31. The van der Waals surface area contributed by atoms with Crippen LogP contribution < -0.4 is 5.32 Å². The average Bonchev–Trinajstić information content (AvgIpc) is 1.94. The van der Waals surface area contributed by atoms with Crippen molar-refractivity contribution in [2.45, 2.75) is 25.0 Å². The molecule has 0 aromatic rings. The summed E-state index contributed by atoms with van der Waals surface area (Å²) in [6, 6.07) is -1.13. The number of aliphatic carboxylic acids is 1. The molecule has 1 fully saturated rings. The lowest BCUT2D eigenvalue weighted by Crippen LogP contribution is -2.52. The molecule has 1 heterocycles. The summed E-state index contributed by atoms with van der Waals surface area (Å²) >= 11 is 0. The van der Waals surface area contributed by atoms with Gasteiger partial charge in [0.15, 0.2) is 6.04 Å². The number of carboxylic acids is 1. The van der Waals surface area contributed by atoms with Gasteiger partial charge in [0, 0.05) is 6.42 Å². The molecule has 1 saturated heterocycles. The highest BCUT2D eigenvalue weighted by Gasteiger charge is 2.32. The minimum absolute atomic E-state index is 0.199. The fourth-order valence-electron chi connectivity index (χ4n) is 1.01. The maximum atomic E-state index is 10.6. The second-order valence-electron chi connectivity index (χ2n) is 2.49.